The van der Waals surface area contributed by atoms with Crippen LogP contribution in [-0.2, 0) is 11.0 Å². The van der Waals surface area contributed by atoms with E-state index in [9.17, 15) is 18.0 Å². The molecule has 3 aromatic heterocycles. The van der Waals surface area contributed by atoms with Crippen LogP contribution in [0.15, 0.2) is 36.8 Å². The van der Waals surface area contributed by atoms with E-state index in [1.807, 2.05) is 0 Å². The van der Waals surface area contributed by atoms with Gasteiger partial charge in [0.25, 0.3) is 5.78 Å². The van der Waals surface area contributed by atoms with Crippen molar-refractivity contribution in [3.63, 3.8) is 0 Å². The van der Waals surface area contributed by atoms with Crippen LogP contribution in [-0.4, -0.2) is 37.0 Å². The van der Waals surface area contributed by atoms with Crippen molar-refractivity contribution in [1.29, 1.82) is 0 Å². The van der Waals surface area contributed by atoms with Gasteiger partial charge in [0.2, 0.25) is 5.91 Å². The number of amides is 1. The number of aromatic nitrogens is 5. The molecule has 3 aromatic rings. The molecule has 0 aliphatic rings. The number of pyridine rings is 1. The molecule has 0 unspecified atom stereocenters. The molecule has 3 rings (SSSR count). The lowest BCUT2D eigenvalue weighted by Crippen LogP contribution is -2.24. The van der Waals surface area contributed by atoms with Crippen molar-refractivity contribution < 1.29 is 18.0 Å². The van der Waals surface area contributed by atoms with E-state index < -0.39 is 17.8 Å². The maximum atomic E-state index is 12.9. The number of nitrogens with zero attached hydrogens (tertiary/aromatic N) is 5. The Labute approximate surface area is 132 Å². The molecule has 3 heterocycles. The molecule has 24 heavy (non-hydrogen) atoms. The summed E-state index contributed by atoms with van der Waals surface area (Å²) in [5, 5.41) is 8.86. The Balaban J connectivity index is 1.77. The lowest BCUT2D eigenvalue weighted by Gasteiger charge is -2.11. The molecule has 11 heteroatoms. The minimum absolute atomic E-state index is 0.0546. The first-order chi connectivity index (χ1) is 11.4. The van der Waals surface area contributed by atoms with E-state index in [0.29, 0.717) is 5.82 Å². The monoisotopic (exact) mass is 337 g/mol. The molecule has 124 valence electrons. The molecule has 0 fully saturated rings. The molecule has 0 spiro atoms. The van der Waals surface area contributed by atoms with Crippen LogP contribution in [0.4, 0.5) is 24.8 Å². The number of carbonyl (C=O) groups is 1. The van der Waals surface area contributed by atoms with Gasteiger partial charge in [0.1, 0.15) is 18.0 Å². The van der Waals surface area contributed by atoms with Gasteiger partial charge in [-0.05, 0) is 12.1 Å². The highest BCUT2D eigenvalue weighted by Crippen LogP contribution is 2.29. The summed E-state index contributed by atoms with van der Waals surface area (Å²) in [6.07, 6.45) is -2.07. The van der Waals surface area contributed by atoms with E-state index in [1.165, 1.54) is 6.20 Å². The molecule has 0 saturated heterocycles. The highest BCUT2D eigenvalue weighted by atomic mass is 19.4. The fraction of sp³-hybridized carbons (Fsp3) is 0.154. The number of halogens is 3. The predicted molar refractivity (Wildman–Crippen MR) is 77.1 cm³/mol. The second-order valence-electron chi connectivity index (χ2n) is 4.61. The fourth-order valence-electron chi connectivity index (χ4n) is 1.88. The number of alkyl halides is 3. The van der Waals surface area contributed by atoms with Gasteiger partial charge in [0.15, 0.2) is 5.69 Å². The average Bonchev–Trinajstić information content (AvgIpc) is 3.01. The molecule has 0 atom stereocenters. The van der Waals surface area contributed by atoms with Gasteiger partial charge in [0, 0.05) is 12.3 Å². The van der Waals surface area contributed by atoms with E-state index in [2.05, 4.69) is 30.7 Å². The Kier molecular flexibility index (Phi) is 3.98. The van der Waals surface area contributed by atoms with Crippen molar-refractivity contribution in [1.82, 2.24) is 24.6 Å². The van der Waals surface area contributed by atoms with Crippen molar-refractivity contribution >= 4 is 23.3 Å². The SMILES string of the molecule is O=C(CNc1cc(C(F)(F)F)nc2ncnn12)Nc1ccccn1. The Morgan fingerprint density at radius 1 is 1.25 bits per heavy atom. The van der Waals surface area contributed by atoms with Crippen LogP contribution in [0.1, 0.15) is 5.69 Å². The molecule has 0 saturated carbocycles. The molecular weight excluding hydrogens is 327 g/mol. The Bertz CT molecular complexity index is 863. The first-order valence-corrected chi connectivity index (χ1v) is 6.66. The molecule has 0 aromatic carbocycles. The number of hydrogen-bond donors (Lipinski definition) is 2. The minimum atomic E-state index is -4.64. The summed E-state index contributed by atoms with van der Waals surface area (Å²) < 4.78 is 39.6. The van der Waals surface area contributed by atoms with Gasteiger partial charge in [-0.1, -0.05) is 6.07 Å². The van der Waals surface area contributed by atoms with E-state index in [-0.39, 0.29) is 18.1 Å². The Morgan fingerprint density at radius 3 is 2.79 bits per heavy atom. The first kappa shape index (κ1) is 15.6. The molecular formula is C13H10F3N7O. The average molecular weight is 337 g/mol. The fourth-order valence-corrected chi connectivity index (χ4v) is 1.88. The van der Waals surface area contributed by atoms with Crippen molar-refractivity contribution in [3.8, 4) is 0 Å². The third-order valence-electron chi connectivity index (χ3n) is 2.90. The summed E-state index contributed by atoms with van der Waals surface area (Å²) >= 11 is 0. The molecule has 0 aliphatic carbocycles. The molecule has 0 radical (unpaired) electrons. The molecule has 8 nitrogen and oxygen atoms in total. The first-order valence-electron chi connectivity index (χ1n) is 6.66. The molecule has 2 N–H and O–H groups in total. The second-order valence-corrected chi connectivity index (χ2v) is 4.61. The molecule has 0 aliphatic heterocycles. The van der Waals surface area contributed by atoms with Gasteiger partial charge < -0.3 is 10.6 Å². The highest BCUT2D eigenvalue weighted by molar-refractivity contribution is 5.92. The topological polar surface area (TPSA) is 97.1 Å². The number of nitrogens with one attached hydrogen (secondary N) is 2. The summed E-state index contributed by atoms with van der Waals surface area (Å²) in [5.74, 6) is -0.424. The van der Waals surface area contributed by atoms with Crippen molar-refractivity contribution in [2.45, 2.75) is 6.18 Å². The molecule has 0 bridgehead atoms. The Morgan fingerprint density at radius 2 is 2.08 bits per heavy atom. The summed E-state index contributed by atoms with van der Waals surface area (Å²) in [5.41, 5.74) is -1.13. The van der Waals surface area contributed by atoms with Crippen LogP contribution in [0.25, 0.3) is 5.78 Å². The van der Waals surface area contributed by atoms with Crippen LogP contribution >= 0.6 is 0 Å². The second kappa shape index (κ2) is 6.10. The van der Waals surface area contributed by atoms with Crippen LogP contribution in [0.5, 0.6) is 0 Å². The van der Waals surface area contributed by atoms with Crippen LogP contribution < -0.4 is 10.6 Å². The smallest absolute Gasteiger partial charge is 0.361 e. The van der Waals surface area contributed by atoms with Crippen molar-refractivity contribution in [2.24, 2.45) is 0 Å². The van der Waals surface area contributed by atoms with Gasteiger partial charge in [0.05, 0.1) is 6.54 Å². The van der Waals surface area contributed by atoms with E-state index in [4.69, 9.17) is 0 Å². The van der Waals surface area contributed by atoms with Gasteiger partial charge in [-0.3, -0.25) is 4.79 Å². The number of fused-ring (bicyclic) bond motifs is 1. The number of hydrogen-bond acceptors (Lipinski definition) is 6. The van der Waals surface area contributed by atoms with Gasteiger partial charge >= 0.3 is 6.18 Å². The largest absolute Gasteiger partial charge is 0.433 e. The third kappa shape index (κ3) is 3.39. The van der Waals surface area contributed by atoms with Crippen molar-refractivity contribution in [2.75, 3.05) is 17.2 Å². The van der Waals surface area contributed by atoms with Crippen LogP contribution in [0.3, 0.4) is 0 Å². The maximum Gasteiger partial charge on any atom is 0.433 e. The highest BCUT2D eigenvalue weighted by Gasteiger charge is 2.34. The van der Waals surface area contributed by atoms with Crippen LogP contribution in [0.2, 0.25) is 0 Å². The minimum Gasteiger partial charge on any atom is -0.361 e. The number of anilines is 2. The van der Waals surface area contributed by atoms with Gasteiger partial charge in [-0.25, -0.2) is 9.97 Å². The lowest BCUT2D eigenvalue weighted by atomic mass is 10.3. The van der Waals surface area contributed by atoms with Gasteiger partial charge in [-0.2, -0.15) is 27.8 Å². The number of rotatable bonds is 4. The Hall–Kier alpha value is -3.24. The zero-order valence-electron chi connectivity index (χ0n) is 11.9. The lowest BCUT2D eigenvalue weighted by molar-refractivity contribution is -0.141. The normalized spacial score (nSPS) is 11.5. The molecule has 1 amide bonds. The quantitative estimate of drug-likeness (QED) is 0.750. The van der Waals surface area contributed by atoms with E-state index in [1.54, 1.807) is 18.2 Å². The summed E-state index contributed by atoms with van der Waals surface area (Å²) in [6, 6.07) is 5.72. The maximum absolute atomic E-state index is 12.9. The van der Waals surface area contributed by atoms with Gasteiger partial charge in [-0.15, -0.1) is 0 Å². The standard InChI is InChI=1S/C13H10F3N7O/c14-13(15,16)8-5-10(23-12(21-8)19-7-20-23)18-6-11(24)22-9-3-1-2-4-17-9/h1-5,7,18H,6H2,(H,17,22,24). The third-order valence-corrected chi connectivity index (χ3v) is 2.90. The van der Waals surface area contributed by atoms with Crippen molar-refractivity contribution in [3.05, 3.63) is 42.5 Å². The number of carbonyl (C=O) groups excluding carboxylic acids is 1. The van der Waals surface area contributed by atoms with Crippen LogP contribution in [0, 0.1) is 0 Å². The van der Waals surface area contributed by atoms with E-state index >= 15 is 0 Å². The zero-order valence-corrected chi connectivity index (χ0v) is 11.9. The zero-order chi connectivity index (χ0) is 17.2. The van der Waals surface area contributed by atoms with E-state index in [0.717, 1.165) is 16.9 Å². The predicted octanol–water partition coefficient (Wildman–Crippen LogP) is 1.59. The summed E-state index contributed by atoms with van der Waals surface area (Å²) in [4.78, 5) is 22.8. The summed E-state index contributed by atoms with van der Waals surface area (Å²) in [6.45, 7) is -0.285. The summed E-state index contributed by atoms with van der Waals surface area (Å²) in [7, 11) is 0.